The number of fused-ring (bicyclic) bond motifs is 1. The molecule has 27 heavy (non-hydrogen) atoms. The Balaban J connectivity index is 1.51. The van der Waals surface area contributed by atoms with Crippen molar-refractivity contribution in [3.05, 3.63) is 65.9 Å². The highest BCUT2D eigenvalue weighted by Crippen LogP contribution is 2.30. The summed E-state index contributed by atoms with van der Waals surface area (Å²) in [6.45, 7) is 3.90. The summed E-state index contributed by atoms with van der Waals surface area (Å²) in [6, 6.07) is 17.0. The van der Waals surface area contributed by atoms with Crippen molar-refractivity contribution in [1.82, 2.24) is 19.6 Å². The van der Waals surface area contributed by atoms with Crippen molar-refractivity contribution >= 4 is 16.8 Å². The lowest BCUT2D eigenvalue weighted by Crippen LogP contribution is -2.36. The highest BCUT2D eigenvalue weighted by atomic mass is 16.2. The lowest BCUT2D eigenvalue weighted by Gasteiger charge is -2.25. The average Bonchev–Trinajstić information content (AvgIpc) is 3.26. The van der Waals surface area contributed by atoms with E-state index in [1.165, 1.54) is 11.1 Å². The summed E-state index contributed by atoms with van der Waals surface area (Å²) in [4.78, 5) is 17.2. The van der Waals surface area contributed by atoms with E-state index in [0.29, 0.717) is 12.0 Å². The van der Waals surface area contributed by atoms with Crippen LogP contribution < -0.4 is 0 Å². The Kier molecular flexibility index (Phi) is 4.70. The van der Waals surface area contributed by atoms with Crippen LogP contribution >= 0.6 is 0 Å². The molecule has 2 heterocycles. The lowest BCUT2D eigenvalue weighted by molar-refractivity contribution is -0.131. The number of aromatic nitrogens is 2. The molecule has 1 fully saturated rings. The van der Waals surface area contributed by atoms with Crippen LogP contribution in [-0.4, -0.2) is 58.7 Å². The first kappa shape index (κ1) is 17.7. The molecule has 4 rings (SSSR count). The third-order valence-electron chi connectivity index (χ3n) is 5.57. The van der Waals surface area contributed by atoms with Gasteiger partial charge < -0.3 is 9.80 Å². The highest BCUT2D eigenvalue weighted by Gasteiger charge is 2.37. The van der Waals surface area contributed by atoms with Gasteiger partial charge in [-0.2, -0.15) is 5.10 Å². The topological polar surface area (TPSA) is 41.4 Å². The molecule has 5 heteroatoms. The summed E-state index contributed by atoms with van der Waals surface area (Å²) in [6.07, 6.45) is 1.95. The minimum Gasteiger partial charge on any atom is -0.339 e. The Morgan fingerprint density at radius 3 is 2.56 bits per heavy atom. The van der Waals surface area contributed by atoms with Gasteiger partial charge in [0.1, 0.15) is 6.54 Å². The monoisotopic (exact) mass is 362 g/mol. The van der Waals surface area contributed by atoms with Crippen molar-refractivity contribution < 1.29 is 4.79 Å². The number of carbonyl (C=O) groups excluding carboxylic acids is 1. The van der Waals surface area contributed by atoms with E-state index in [4.69, 9.17) is 0 Å². The molecule has 1 saturated heterocycles. The second-order valence-electron chi connectivity index (χ2n) is 7.73. The summed E-state index contributed by atoms with van der Waals surface area (Å²) in [5, 5.41) is 5.59. The molecule has 0 spiro atoms. The normalized spacial score (nSPS) is 19.9. The van der Waals surface area contributed by atoms with E-state index in [1.807, 2.05) is 35.4 Å². The van der Waals surface area contributed by atoms with E-state index in [1.54, 1.807) is 4.68 Å². The van der Waals surface area contributed by atoms with Crippen molar-refractivity contribution in [2.75, 3.05) is 27.2 Å². The van der Waals surface area contributed by atoms with Gasteiger partial charge in [-0.1, -0.05) is 48.0 Å². The minimum atomic E-state index is 0.129. The van der Waals surface area contributed by atoms with Crippen LogP contribution in [0.3, 0.4) is 0 Å². The van der Waals surface area contributed by atoms with Crippen LogP contribution in [0.25, 0.3) is 10.9 Å². The Morgan fingerprint density at radius 1 is 1.11 bits per heavy atom. The van der Waals surface area contributed by atoms with Crippen LogP contribution in [0.1, 0.15) is 17.0 Å². The minimum absolute atomic E-state index is 0.129. The number of likely N-dealkylation sites (N-methyl/N-ethyl adjacent to an activating group) is 1. The molecule has 1 aromatic heterocycles. The molecule has 1 aliphatic rings. The number of amides is 1. The highest BCUT2D eigenvalue weighted by molar-refractivity contribution is 5.80. The van der Waals surface area contributed by atoms with Gasteiger partial charge in [0, 0.05) is 36.6 Å². The summed E-state index contributed by atoms with van der Waals surface area (Å²) >= 11 is 0. The Hall–Kier alpha value is -2.66. The summed E-state index contributed by atoms with van der Waals surface area (Å²) in [5.41, 5.74) is 3.49. The van der Waals surface area contributed by atoms with Crippen molar-refractivity contribution in [3.63, 3.8) is 0 Å². The van der Waals surface area contributed by atoms with E-state index in [9.17, 15) is 4.79 Å². The fourth-order valence-corrected chi connectivity index (χ4v) is 3.99. The van der Waals surface area contributed by atoms with E-state index in [2.05, 4.69) is 55.3 Å². The SMILES string of the molecule is Cc1ccc([C@@H]2CN(C(=O)Cn3cc4ccccc4n3)C[C@H]2N(C)C)cc1. The molecule has 2 atom stereocenters. The van der Waals surface area contributed by atoms with Gasteiger partial charge in [0.15, 0.2) is 0 Å². The standard InChI is InChI=1S/C22H26N4O/c1-16-8-10-17(11-9-16)19-13-25(14-21(19)24(2)3)22(27)15-26-12-18-6-4-5-7-20(18)23-26/h4-12,19,21H,13-15H2,1-3H3/t19-,21+/m0/s1. The third-order valence-corrected chi connectivity index (χ3v) is 5.57. The van der Waals surface area contributed by atoms with Gasteiger partial charge in [-0.25, -0.2) is 0 Å². The zero-order valence-electron chi connectivity index (χ0n) is 16.2. The molecule has 1 aliphatic heterocycles. The fraction of sp³-hybridized carbons (Fsp3) is 0.364. The zero-order valence-corrected chi connectivity index (χ0v) is 16.2. The van der Waals surface area contributed by atoms with Gasteiger partial charge in [0.2, 0.25) is 5.91 Å². The van der Waals surface area contributed by atoms with E-state index in [0.717, 1.165) is 24.0 Å². The van der Waals surface area contributed by atoms with E-state index < -0.39 is 0 Å². The largest absolute Gasteiger partial charge is 0.339 e. The number of nitrogens with zero attached hydrogens (tertiary/aromatic N) is 4. The van der Waals surface area contributed by atoms with Crippen molar-refractivity contribution in [2.24, 2.45) is 0 Å². The fourth-order valence-electron chi connectivity index (χ4n) is 3.99. The molecule has 3 aromatic rings. The lowest BCUT2D eigenvalue weighted by atomic mass is 9.93. The third kappa shape index (κ3) is 3.60. The maximum absolute atomic E-state index is 12.9. The van der Waals surface area contributed by atoms with Crippen LogP contribution in [0.4, 0.5) is 0 Å². The predicted octanol–water partition coefficient (Wildman–Crippen LogP) is 2.90. The van der Waals surface area contributed by atoms with Crippen LogP contribution in [0.15, 0.2) is 54.7 Å². The molecule has 0 saturated carbocycles. The van der Waals surface area contributed by atoms with Gasteiger partial charge >= 0.3 is 0 Å². The molecule has 0 unspecified atom stereocenters. The van der Waals surface area contributed by atoms with Crippen LogP contribution in [0.2, 0.25) is 0 Å². The number of hydrogen-bond acceptors (Lipinski definition) is 3. The van der Waals surface area contributed by atoms with Crippen molar-refractivity contribution in [2.45, 2.75) is 25.4 Å². The summed E-state index contributed by atoms with van der Waals surface area (Å²) in [7, 11) is 4.19. The van der Waals surface area contributed by atoms with Gasteiger partial charge in [-0.15, -0.1) is 0 Å². The number of likely N-dealkylation sites (tertiary alicyclic amines) is 1. The van der Waals surface area contributed by atoms with Gasteiger partial charge in [-0.05, 0) is 32.6 Å². The molecular formula is C22H26N4O. The Morgan fingerprint density at radius 2 is 1.85 bits per heavy atom. The Labute approximate surface area is 160 Å². The maximum Gasteiger partial charge on any atom is 0.244 e. The molecule has 140 valence electrons. The smallest absolute Gasteiger partial charge is 0.244 e. The first-order valence-electron chi connectivity index (χ1n) is 9.44. The van der Waals surface area contributed by atoms with Crippen LogP contribution in [0, 0.1) is 6.92 Å². The van der Waals surface area contributed by atoms with Crippen LogP contribution in [0.5, 0.6) is 0 Å². The van der Waals surface area contributed by atoms with E-state index >= 15 is 0 Å². The average molecular weight is 362 g/mol. The second kappa shape index (κ2) is 7.16. The van der Waals surface area contributed by atoms with Crippen molar-refractivity contribution in [1.29, 1.82) is 0 Å². The number of rotatable bonds is 4. The van der Waals surface area contributed by atoms with Gasteiger partial charge in [-0.3, -0.25) is 9.48 Å². The maximum atomic E-state index is 12.9. The zero-order chi connectivity index (χ0) is 19.0. The molecule has 1 amide bonds. The number of aryl methyl sites for hydroxylation is 1. The molecular weight excluding hydrogens is 336 g/mol. The first-order chi connectivity index (χ1) is 13.0. The Bertz CT molecular complexity index is 911. The predicted molar refractivity (Wildman–Crippen MR) is 108 cm³/mol. The van der Waals surface area contributed by atoms with Gasteiger partial charge in [0.05, 0.1) is 5.52 Å². The van der Waals surface area contributed by atoms with Crippen molar-refractivity contribution in [3.8, 4) is 0 Å². The molecule has 2 aromatic carbocycles. The second-order valence-corrected chi connectivity index (χ2v) is 7.73. The van der Waals surface area contributed by atoms with Gasteiger partial charge in [0.25, 0.3) is 0 Å². The number of benzene rings is 2. The summed E-state index contributed by atoms with van der Waals surface area (Å²) in [5.74, 6) is 0.463. The number of hydrogen-bond donors (Lipinski definition) is 0. The number of carbonyl (C=O) groups is 1. The molecule has 0 aliphatic carbocycles. The quantitative estimate of drug-likeness (QED) is 0.717. The van der Waals surface area contributed by atoms with Crippen LogP contribution in [-0.2, 0) is 11.3 Å². The molecule has 0 bridgehead atoms. The molecule has 0 N–H and O–H groups in total. The molecule has 0 radical (unpaired) electrons. The molecule has 5 nitrogen and oxygen atoms in total. The summed E-state index contributed by atoms with van der Waals surface area (Å²) < 4.78 is 1.76. The first-order valence-corrected chi connectivity index (χ1v) is 9.44. The van der Waals surface area contributed by atoms with E-state index in [-0.39, 0.29) is 12.5 Å².